The number of aromatic amines is 2. The van der Waals surface area contributed by atoms with E-state index in [0.717, 1.165) is 79.1 Å². The fourth-order valence-electron chi connectivity index (χ4n) is 10.1. The molecule has 4 amide bonds. The summed E-state index contributed by atoms with van der Waals surface area (Å²) in [5, 5.41) is 5.42. The number of benzene rings is 2. The number of nitrogens with zero attached hydrogens (tertiary/aromatic N) is 4. The number of nitrogens with one attached hydrogen (secondary N) is 4. The molecule has 4 heterocycles. The molecule has 2 aliphatic heterocycles. The van der Waals surface area contributed by atoms with Crippen molar-refractivity contribution in [3.63, 3.8) is 0 Å². The van der Waals surface area contributed by atoms with Gasteiger partial charge in [0, 0.05) is 13.1 Å². The topological polar surface area (TPSA) is 175 Å². The van der Waals surface area contributed by atoms with Crippen molar-refractivity contribution in [3.05, 3.63) is 83.7 Å². The smallest absolute Gasteiger partial charge is 0.407 e. The molecule has 2 aromatic heterocycles. The van der Waals surface area contributed by atoms with Crippen LogP contribution in [0.25, 0.3) is 22.5 Å². The number of amides is 4. The van der Waals surface area contributed by atoms with Crippen LogP contribution in [-0.4, -0.2) is 93.1 Å². The van der Waals surface area contributed by atoms with Gasteiger partial charge in [-0.15, -0.1) is 0 Å². The van der Waals surface area contributed by atoms with E-state index in [1.54, 1.807) is 0 Å². The number of carbonyl (C=O) groups excluding carboxylic acids is 4. The number of aromatic nitrogens is 4. The van der Waals surface area contributed by atoms with E-state index in [2.05, 4.69) is 69.1 Å². The van der Waals surface area contributed by atoms with Crippen molar-refractivity contribution in [2.75, 3.05) is 27.3 Å². The molecule has 14 nitrogen and oxygen atoms in total. The average Bonchev–Trinajstić information content (AvgIpc) is 4.04. The number of alkyl carbamates (subject to hydrolysis) is 2. The molecule has 4 atom stereocenters. The van der Waals surface area contributed by atoms with Crippen molar-refractivity contribution in [3.8, 4) is 22.5 Å². The quantitative estimate of drug-likeness (QED) is 0.119. The summed E-state index contributed by atoms with van der Waals surface area (Å²) in [5.41, 5.74) is 7.09. The van der Waals surface area contributed by atoms with Gasteiger partial charge in [0.1, 0.15) is 23.7 Å². The first-order valence-electron chi connectivity index (χ1n) is 21.0. The second-order valence-electron chi connectivity index (χ2n) is 17.7. The van der Waals surface area contributed by atoms with Crippen molar-refractivity contribution in [2.24, 2.45) is 11.8 Å². The van der Waals surface area contributed by atoms with E-state index >= 15 is 0 Å². The van der Waals surface area contributed by atoms with E-state index in [1.807, 2.05) is 49.9 Å². The molecule has 312 valence electrons. The number of hydrogen-bond acceptors (Lipinski definition) is 8. The minimum absolute atomic E-state index is 0.0910. The van der Waals surface area contributed by atoms with Crippen LogP contribution in [-0.2, 0) is 29.9 Å². The minimum atomic E-state index is -0.672. The molecule has 3 aliphatic carbocycles. The van der Waals surface area contributed by atoms with Crippen LogP contribution in [0.15, 0.2) is 60.9 Å². The molecule has 5 aliphatic rings. The second kappa shape index (κ2) is 15.8. The Balaban J connectivity index is 0.879. The van der Waals surface area contributed by atoms with Gasteiger partial charge in [-0.25, -0.2) is 19.6 Å². The van der Waals surface area contributed by atoms with Gasteiger partial charge < -0.3 is 39.9 Å². The summed E-state index contributed by atoms with van der Waals surface area (Å²) in [6.07, 6.45) is 9.20. The number of hydrogen-bond donors (Lipinski definition) is 4. The number of imidazole rings is 2. The molecule has 5 fully saturated rings. The zero-order valence-corrected chi connectivity index (χ0v) is 34.8. The molecule has 2 bridgehead atoms. The Bertz CT molecular complexity index is 2020. The lowest BCUT2D eigenvalue weighted by molar-refractivity contribution is -0.136. The fourth-order valence-corrected chi connectivity index (χ4v) is 10.1. The van der Waals surface area contributed by atoms with E-state index in [-0.39, 0.29) is 46.6 Å². The highest BCUT2D eigenvalue weighted by atomic mass is 16.5. The Morgan fingerprint density at radius 2 is 1.02 bits per heavy atom. The lowest BCUT2D eigenvalue weighted by atomic mass is 9.32. The highest BCUT2D eigenvalue weighted by Crippen LogP contribution is 2.74. The Hall–Kier alpha value is -5.66. The molecule has 2 saturated heterocycles. The van der Waals surface area contributed by atoms with Crippen LogP contribution in [0.5, 0.6) is 0 Å². The SMILES string of the molecule is COC(=O)N[C@H](C(=O)N1CCC[C@H]1c1ncc(-c2ccc(C34CC(c5ccc(-c6cnc([C@@H]7CCCN7C(=O)[C@@H](NC(=O)OC)C(C)C)[nH]6)cc5)(C3)C4)cc2)[nH]1)C(C)C. The van der Waals surface area contributed by atoms with Crippen LogP contribution >= 0.6 is 0 Å². The molecule has 0 spiro atoms. The first-order valence-corrected chi connectivity index (χ1v) is 21.0. The summed E-state index contributed by atoms with van der Waals surface area (Å²) in [6.45, 7) is 8.88. The van der Waals surface area contributed by atoms with Crippen LogP contribution in [0.3, 0.4) is 0 Å². The molecule has 4 aromatic rings. The highest BCUT2D eigenvalue weighted by molar-refractivity contribution is 5.87. The van der Waals surface area contributed by atoms with Crippen molar-refractivity contribution >= 4 is 24.0 Å². The van der Waals surface area contributed by atoms with Gasteiger partial charge in [-0.2, -0.15) is 0 Å². The summed E-state index contributed by atoms with van der Waals surface area (Å²) in [5.74, 6) is 1.09. The van der Waals surface area contributed by atoms with Gasteiger partial charge in [0.05, 0.1) is 50.1 Å². The Morgan fingerprint density at radius 1 is 0.644 bits per heavy atom. The highest BCUT2D eigenvalue weighted by Gasteiger charge is 2.68. The van der Waals surface area contributed by atoms with Gasteiger partial charge in [-0.05, 0) is 89.9 Å². The number of ether oxygens (including phenoxy) is 2. The van der Waals surface area contributed by atoms with E-state index in [9.17, 15) is 19.2 Å². The lowest BCUT2D eigenvalue weighted by Crippen LogP contribution is -2.67. The third-order valence-corrected chi connectivity index (χ3v) is 13.3. The van der Waals surface area contributed by atoms with Crippen LogP contribution in [0.4, 0.5) is 9.59 Å². The van der Waals surface area contributed by atoms with Gasteiger partial charge in [-0.1, -0.05) is 76.2 Å². The van der Waals surface area contributed by atoms with Crippen LogP contribution in [0.1, 0.15) is 108 Å². The van der Waals surface area contributed by atoms with Crippen molar-refractivity contribution < 1.29 is 28.7 Å². The molecule has 9 rings (SSSR count). The number of likely N-dealkylation sites (tertiary alicyclic amines) is 2. The number of carbonyl (C=O) groups is 4. The summed E-state index contributed by atoms with van der Waals surface area (Å²) >= 11 is 0. The summed E-state index contributed by atoms with van der Waals surface area (Å²) < 4.78 is 9.54. The molecule has 2 aromatic carbocycles. The third-order valence-electron chi connectivity index (χ3n) is 13.3. The molecule has 14 heteroatoms. The van der Waals surface area contributed by atoms with Gasteiger partial charge in [0.2, 0.25) is 11.8 Å². The summed E-state index contributed by atoms with van der Waals surface area (Å²) in [6, 6.07) is 16.0. The maximum absolute atomic E-state index is 13.6. The number of H-pyrrole nitrogens is 2. The van der Waals surface area contributed by atoms with Gasteiger partial charge in [0.15, 0.2) is 0 Å². The Kier molecular flexibility index (Phi) is 10.8. The molecular weight excluding hydrogens is 749 g/mol. The predicted molar refractivity (Wildman–Crippen MR) is 221 cm³/mol. The zero-order valence-electron chi connectivity index (χ0n) is 34.8. The normalized spacial score (nSPS) is 24.3. The lowest BCUT2D eigenvalue weighted by Gasteiger charge is -2.71. The first-order chi connectivity index (χ1) is 28.3. The fraction of sp³-hybridized carbons (Fsp3) is 0.511. The molecule has 4 N–H and O–H groups in total. The van der Waals surface area contributed by atoms with E-state index in [4.69, 9.17) is 19.4 Å². The van der Waals surface area contributed by atoms with Crippen LogP contribution < -0.4 is 10.6 Å². The van der Waals surface area contributed by atoms with E-state index in [1.165, 1.54) is 25.3 Å². The zero-order chi connectivity index (χ0) is 41.6. The molecule has 3 saturated carbocycles. The van der Waals surface area contributed by atoms with Gasteiger partial charge >= 0.3 is 12.2 Å². The molecular formula is C45H56N8O6. The van der Waals surface area contributed by atoms with Crippen molar-refractivity contribution in [1.29, 1.82) is 0 Å². The third kappa shape index (κ3) is 7.35. The maximum atomic E-state index is 13.6. The van der Waals surface area contributed by atoms with Gasteiger partial charge in [0.25, 0.3) is 0 Å². The Labute approximate surface area is 345 Å². The number of methoxy groups -OCH3 is 2. The molecule has 59 heavy (non-hydrogen) atoms. The number of rotatable bonds is 12. The van der Waals surface area contributed by atoms with Crippen molar-refractivity contribution in [2.45, 2.75) is 108 Å². The minimum Gasteiger partial charge on any atom is -0.453 e. The van der Waals surface area contributed by atoms with Crippen LogP contribution in [0, 0.1) is 11.8 Å². The molecule has 0 radical (unpaired) electrons. The first kappa shape index (κ1) is 40.1. The van der Waals surface area contributed by atoms with E-state index in [0.29, 0.717) is 13.1 Å². The second-order valence-corrected chi connectivity index (χ2v) is 17.7. The predicted octanol–water partition coefficient (Wildman–Crippen LogP) is 6.93. The standard InChI is InChI=1S/C45H56N8O6/c1-26(2)36(50-42(56)58-5)40(54)52-19-7-9-34(52)38-46-21-32(48-38)28-11-15-30(16-12-28)44-23-45(24-44,25-44)31-17-13-29(14-18-31)33-22-47-39(49-33)35-10-8-20-53(35)41(55)37(27(3)4)51-43(57)59-6/h11-18,21-22,26-27,34-37H,7-10,19-20,23-25H2,1-6H3,(H,46,48)(H,47,49)(H,50,56)(H,51,57)/t34-,35-,36-,37-,44?,45?/m0/s1. The van der Waals surface area contributed by atoms with Crippen LogP contribution in [0.2, 0.25) is 0 Å². The van der Waals surface area contributed by atoms with Crippen molar-refractivity contribution in [1.82, 2.24) is 40.4 Å². The molecule has 0 unspecified atom stereocenters. The summed E-state index contributed by atoms with van der Waals surface area (Å²) in [7, 11) is 2.60. The van der Waals surface area contributed by atoms with E-state index < -0.39 is 24.3 Å². The summed E-state index contributed by atoms with van der Waals surface area (Å²) in [4.78, 5) is 71.2. The Morgan fingerprint density at radius 3 is 1.36 bits per heavy atom. The largest absolute Gasteiger partial charge is 0.453 e. The average molecular weight is 805 g/mol. The van der Waals surface area contributed by atoms with Gasteiger partial charge in [-0.3, -0.25) is 9.59 Å². The maximum Gasteiger partial charge on any atom is 0.407 e. The monoisotopic (exact) mass is 804 g/mol.